The van der Waals surface area contributed by atoms with Gasteiger partial charge in [-0.1, -0.05) is 17.8 Å². The fourth-order valence-corrected chi connectivity index (χ4v) is 3.13. The van der Waals surface area contributed by atoms with Crippen molar-refractivity contribution in [2.24, 2.45) is 7.05 Å². The Balaban J connectivity index is 1.70. The van der Waals surface area contributed by atoms with Crippen LogP contribution >= 0.6 is 23.1 Å². The van der Waals surface area contributed by atoms with Crippen molar-refractivity contribution in [1.29, 1.82) is 0 Å². The Morgan fingerprint density at radius 2 is 2.18 bits per heavy atom. The van der Waals surface area contributed by atoms with Crippen LogP contribution in [0.4, 0.5) is 13.2 Å². The maximum atomic E-state index is 12.6. The molecule has 11 heteroatoms. The number of nitrogens with one attached hydrogen (secondary N) is 1. The van der Waals surface area contributed by atoms with Crippen LogP contribution in [0.2, 0.25) is 0 Å². The number of aromatic amines is 1. The van der Waals surface area contributed by atoms with Crippen LogP contribution < -0.4 is 0 Å². The first-order valence-electron chi connectivity index (χ1n) is 5.99. The number of thioether (sulfide) groups is 1. The van der Waals surface area contributed by atoms with E-state index in [1.165, 1.54) is 18.4 Å². The number of hydrogen-bond donors (Lipinski definition) is 1. The van der Waals surface area contributed by atoms with Crippen molar-refractivity contribution in [1.82, 2.24) is 29.9 Å². The van der Waals surface area contributed by atoms with Crippen LogP contribution in [0.5, 0.6) is 0 Å². The molecule has 0 amide bonds. The summed E-state index contributed by atoms with van der Waals surface area (Å²) in [4.78, 5) is 5.22. The Labute approximate surface area is 130 Å². The van der Waals surface area contributed by atoms with Crippen molar-refractivity contribution in [3.8, 4) is 10.7 Å². The molecule has 0 atom stereocenters. The predicted molar refractivity (Wildman–Crippen MR) is 75.3 cm³/mol. The van der Waals surface area contributed by atoms with E-state index < -0.39 is 12.0 Å². The normalized spacial score (nSPS) is 12.0. The minimum Gasteiger partial charge on any atom is -0.302 e. The minimum absolute atomic E-state index is 0.168. The standard InChI is InChI=1S/C11H9F3N6S2/c1-20-9(11(12,13)14)18-19-10(20)22-5-7-15-8(17-16-7)6-3-2-4-21-6/h2-4H,5H2,1H3,(H,15,16,17). The summed E-state index contributed by atoms with van der Waals surface area (Å²) in [6.07, 6.45) is -4.51. The number of alkyl halides is 3. The lowest BCUT2D eigenvalue weighted by molar-refractivity contribution is -0.147. The second kappa shape index (κ2) is 5.72. The van der Waals surface area contributed by atoms with Crippen molar-refractivity contribution >= 4 is 23.1 Å². The number of nitrogens with zero attached hydrogens (tertiary/aromatic N) is 5. The average Bonchev–Trinajstić information content (AvgIpc) is 3.16. The van der Waals surface area contributed by atoms with Gasteiger partial charge >= 0.3 is 6.18 Å². The molecule has 0 aliphatic heterocycles. The number of H-pyrrole nitrogens is 1. The molecule has 3 aromatic heterocycles. The van der Waals surface area contributed by atoms with Gasteiger partial charge in [-0.2, -0.15) is 18.3 Å². The van der Waals surface area contributed by atoms with Crippen LogP contribution in [0, 0.1) is 0 Å². The van der Waals surface area contributed by atoms with Crippen molar-refractivity contribution in [3.05, 3.63) is 29.2 Å². The smallest absolute Gasteiger partial charge is 0.302 e. The highest BCUT2D eigenvalue weighted by molar-refractivity contribution is 7.98. The summed E-state index contributed by atoms with van der Waals surface area (Å²) >= 11 is 2.62. The molecule has 0 aliphatic rings. The van der Waals surface area contributed by atoms with E-state index in [9.17, 15) is 13.2 Å². The monoisotopic (exact) mass is 346 g/mol. The first-order valence-corrected chi connectivity index (χ1v) is 7.86. The summed E-state index contributed by atoms with van der Waals surface area (Å²) in [5.74, 6) is 0.429. The lowest BCUT2D eigenvalue weighted by Crippen LogP contribution is -2.12. The summed E-state index contributed by atoms with van der Waals surface area (Å²) in [5, 5.41) is 15.6. The highest BCUT2D eigenvalue weighted by atomic mass is 32.2. The lowest BCUT2D eigenvalue weighted by Gasteiger charge is -2.05. The summed E-state index contributed by atoms with van der Waals surface area (Å²) in [7, 11) is 1.28. The van der Waals surface area contributed by atoms with Gasteiger partial charge in [-0.05, 0) is 11.4 Å². The molecule has 3 aromatic rings. The molecule has 116 valence electrons. The van der Waals surface area contributed by atoms with Crippen molar-refractivity contribution < 1.29 is 13.2 Å². The maximum absolute atomic E-state index is 12.6. The fraction of sp³-hybridized carbons (Fsp3) is 0.273. The fourth-order valence-electron chi connectivity index (χ4n) is 1.70. The van der Waals surface area contributed by atoms with Crippen molar-refractivity contribution in [3.63, 3.8) is 0 Å². The number of thiophene rings is 1. The largest absolute Gasteiger partial charge is 0.451 e. The molecule has 3 heterocycles. The lowest BCUT2D eigenvalue weighted by atomic mass is 10.4. The SMILES string of the molecule is Cn1c(SCc2nc(-c3cccs3)n[nH]2)nnc1C(F)(F)F. The zero-order chi connectivity index (χ0) is 15.7. The van der Waals surface area contributed by atoms with Gasteiger partial charge in [0.2, 0.25) is 5.82 Å². The van der Waals surface area contributed by atoms with E-state index >= 15 is 0 Å². The van der Waals surface area contributed by atoms with E-state index in [2.05, 4.69) is 25.4 Å². The summed E-state index contributed by atoms with van der Waals surface area (Å²) in [5.41, 5.74) is 0. The van der Waals surface area contributed by atoms with Gasteiger partial charge < -0.3 is 4.57 Å². The molecule has 22 heavy (non-hydrogen) atoms. The van der Waals surface area contributed by atoms with Gasteiger partial charge in [0.25, 0.3) is 0 Å². The van der Waals surface area contributed by atoms with Crippen LogP contribution in [-0.2, 0) is 19.0 Å². The van der Waals surface area contributed by atoms with Crippen LogP contribution in [0.1, 0.15) is 11.6 Å². The summed E-state index contributed by atoms with van der Waals surface area (Å²) in [6, 6.07) is 3.78. The highest BCUT2D eigenvalue weighted by Crippen LogP contribution is 2.30. The number of aromatic nitrogens is 6. The highest BCUT2D eigenvalue weighted by Gasteiger charge is 2.37. The minimum atomic E-state index is -4.51. The van der Waals surface area contributed by atoms with Gasteiger partial charge in [0.1, 0.15) is 5.82 Å². The molecule has 0 unspecified atom stereocenters. The molecule has 0 fully saturated rings. The molecule has 6 nitrogen and oxygen atoms in total. The molecule has 0 aliphatic carbocycles. The predicted octanol–water partition coefficient (Wildman–Crippen LogP) is 2.97. The molecular formula is C11H9F3N6S2. The molecule has 0 spiro atoms. The second-order valence-electron chi connectivity index (χ2n) is 4.23. The van der Waals surface area contributed by atoms with E-state index in [4.69, 9.17) is 0 Å². The third kappa shape index (κ3) is 2.99. The maximum Gasteiger partial charge on any atom is 0.451 e. The summed E-state index contributed by atoms with van der Waals surface area (Å²) < 4.78 is 38.8. The summed E-state index contributed by atoms with van der Waals surface area (Å²) in [6.45, 7) is 0. The Hall–Kier alpha value is -1.88. The van der Waals surface area contributed by atoms with Crippen LogP contribution in [0.3, 0.4) is 0 Å². The number of rotatable bonds is 4. The van der Waals surface area contributed by atoms with E-state index in [0.717, 1.165) is 21.2 Å². The topological polar surface area (TPSA) is 72.3 Å². The van der Waals surface area contributed by atoms with E-state index in [0.29, 0.717) is 17.4 Å². The zero-order valence-electron chi connectivity index (χ0n) is 11.1. The Morgan fingerprint density at radius 1 is 1.36 bits per heavy atom. The van der Waals surface area contributed by atoms with Gasteiger partial charge in [0, 0.05) is 7.05 Å². The Morgan fingerprint density at radius 3 is 2.82 bits per heavy atom. The second-order valence-corrected chi connectivity index (χ2v) is 6.12. The first-order chi connectivity index (χ1) is 10.4. The molecule has 0 bridgehead atoms. The first kappa shape index (κ1) is 15.0. The van der Waals surface area contributed by atoms with Gasteiger partial charge in [-0.15, -0.1) is 21.5 Å². The van der Waals surface area contributed by atoms with E-state index in [1.807, 2.05) is 17.5 Å². The molecule has 0 saturated carbocycles. The van der Waals surface area contributed by atoms with Crippen LogP contribution in [-0.4, -0.2) is 29.9 Å². The molecule has 3 rings (SSSR count). The van der Waals surface area contributed by atoms with E-state index in [1.54, 1.807) is 0 Å². The third-order valence-electron chi connectivity index (χ3n) is 2.70. The van der Waals surface area contributed by atoms with Gasteiger partial charge in [-0.3, -0.25) is 5.10 Å². The van der Waals surface area contributed by atoms with Crippen LogP contribution in [0.15, 0.2) is 22.7 Å². The van der Waals surface area contributed by atoms with Gasteiger partial charge in [0.05, 0.1) is 10.6 Å². The van der Waals surface area contributed by atoms with Crippen molar-refractivity contribution in [2.45, 2.75) is 17.1 Å². The van der Waals surface area contributed by atoms with Crippen LogP contribution in [0.25, 0.3) is 10.7 Å². The quantitative estimate of drug-likeness (QED) is 0.735. The molecular weight excluding hydrogens is 337 g/mol. The average molecular weight is 346 g/mol. The molecule has 0 aromatic carbocycles. The zero-order valence-corrected chi connectivity index (χ0v) is 12.8. The molecule has 1 N–H and O–H groups in total. The van der Waals surface area contributed by atoms with Gasteiger partial charge in [-0.25, -0.2) is 4.98 Å². The molecule has 0 radical (unpaired) electrons. The van der Waals surface area contributed by atoms with E-state index in [-0.39, 0.29) is 5.16 Å². The number of hydrogen-bond acceptors (Lipinski definition) is 6. The van der Waals surface area contributed by atoms with Crippen molar-refractivity contribution in [2.75, 3.05) is 0 Å². The Bertz CT molecular complexity index is 761. The third-order valence-corrected chi connectivity index (χ3v) is 4.60. The Kier molecular flexibility index (Phi) is 3.91. The molecule has 0 saturated heterocycles. The number of halogens is 3. The van der Waals surface area contributed by atoms with Gasteiger partial charge in [0.15, 0.2) is 11.0 Å².